The van der Waals surface area contributed by atoms with Crippen molar-refractivity contribution in [3.63, 3.8) is 0 Å². The topological polar surface area (TPSA) is 66.3 Å². The molecule has 0 unspecified atom stereocenters. The third kappa shape index (κ3) is 1.90. The van der Waals surface area contributed by atoms with E-state index >= 15 is 0 Å². The lowest BCUT2D eigenvalue weighted by molar-refractivity contribution is -0.138. The first-order valence-electron chi connectivity index (χ1n) is 5.41. The molecule has 1 aromatic heterocycles. The van der Waals surface area contributed by atoms with Crippen LogP contribution in [0.3, 0.4) is 0 Å². The summed E-state index contributed by atoms with van der Waals surface area (Å²) in [5, 5.41) is 14.8. The smallest absolute Gasteiger partial charge is 0.445 e. The van der Waals surface area contributed by atoms with Crippen LogP contribution in [0.15, 0.2) is 18.2 Å². The maximum atomic E-state index is 12.5. The van der Waals surface area contributed by atoms with Crippen molar-refractivity contribution in [2.45, 2.75) is 12.7 Å². The highest BCUT2D eigenvalue weighted by molar-refractivity contribution is 7.15. The molecular weight excluding hydrogens is 295 g/mol. The molecule has 0 bridgehead atoms. The molecule has 1 aliphatic heterocycles. The Labute approximate surface area is 114 Å². The first kappa shape index (κ1) is 12.9. The minimum atomic E-state index is -4.59. The van der Waals surface area contributed by atoms with Crippen LogP contribution in [0.1, 0.15) is 20.9 Å². The maximum absolute atomic E-state index is 12.5. The number of phenolic OH excluding ortho intramolecular Hbond substituents is 1. The summed E-state index contributed by atoms with van der Waals surface area (Å²) >= 11 is 0.294. The minimum Gasteiger partial charge on any atom is -0.508 e. The first-order valence-corrected chi connectivity index (χ1v) is 6.23. The Hall–Kier alpha value is -2.16. The van der Waals surface area contributed by atoms with Gasteiger partial charge >= 0.3 is 6.18 Å². The van der Waals surface area contributed by atoms with E-state index in [9.17, 15) is 23.1 Å². The number of benzene rings is 1. The van der Waals surface area contributed by atoms with Gasteiger partial charge in [0.05, 0.1) is 6.54 Å². The van der Waals surface area contributed by atoms with Gasteiger partial charge < -0.3 is 5.11 Å². The number of alkyl halides is 3. The first-order chi connectivity index (χ1) is 9.38. The number of amides is 1. The second-order valence-corrected chi connectivity index (χ2v) is 5.04. The Morgan fingerprint density at radius 3 is 2.65 bits per heavy atom. The van der Waals surface area contributed by atoms with Crippen molar-refractivity contribution in [2.24, 2.45) is 0 Å². The highest BCUT2D eigenvalue weighted by atomic mass is 32.1. The van der Waals surface area contributed by atoms with Crippen LogP contribution >= 0.6 is 11.3 Å². The normalized spacial score (nSPS) is 14.8. The summed E-state index contributed by atoms with van der Waals surface area (Å²) in [6.07, 6.45) is -4.59. The number of hydrogen-bond acceptors (Lipinski definition) is 5. The number of halogens is 3. The molecule has 0 spiro atoms. The number of rotatable bonds is 1. The van der Waals surface area contributed by atoms with Crippen molar-refractivity contribution in [2.75, 3.05) is 4.90 Å². The maximum Gasteiger partial charge on any atom is 0.445 e. The molecule has 1 aromatic carbocycles. The molecule has 20 heavy (non-hydrogen) atoms. The van der Waals surface area contributed by atoms with Gasteiger partial charge in [-0.25, -0.2) is 0 Å². The lowest BCUT2D eigenvalue weighted by Gasteiger charge is -2.09. The van der Waals surface area contributed by atoms with Crippen LogP contribution < -0.4 is 4.90 Å². The van der Waals surface area contributed by atoms with Crippen LogP contribution in [0.25, 0.3) is 0 Å². The monoisotopic (exact) mass is 301 g/mol. The number of carbonyl (C=O) groups excluding carboxylic acids is 1. The number of phenols is 1. The minimum absolute atomic E-state index is 0.0205. The fourth-order valence-corrected chi connectivity index (χ4v) is 2.62. The number of anilines is 1. The summed E-state index contributed by atoms with van der Waals surface area (Å²) in [5.41, 5.74) is 0.634. The molecule has 0 saturated heterocycles. The van der Waals surface area contributed by atoms with Gasteiger partial charge in [-0.05, 0) is 12.1 Å². The molecule has 104 valence electrons. The number of fused-ring (bicyclic) bond motifs is 1. The van der Waals surface area contributed by atoms with E-state index in [0.29, 0.717) is 16.9 Å². The van der Waals surface area contributed by atoms with Crippen molar-refractivity contribution >= 4 is 22.4 Å². The zero-order valence-electron chi connectivity index (χ0n) is 9.68. The molecule has 0 saturated carbocycles. The molecule has 0 fully saturated rings. The highest BCUT2D eigenvalue weighted by Crippen LogP contribution is 2.38. The van der Waals surface area contributed by atoms with Crippen molar-refractivity contribution in [1.29, 1.82) is 0 Å². The van der Waals surface area contributed by atoms with E-state index in [1.807, 2.05) is 0 Å². The van der Waals surface area contributed by atoms with Crippen LogP contribution in [0, 0.1) is 0 Å². The predicted octanol–water partition coefficient (Wildman–Crippen LogP) is 2.42. The standard InChI is InChI=1S/C11H6F3N3O2S/c12-11(13,14)9-15-16-10(20-9)17-4-6-5(8(17)19)2-1-3-7(6)18/h1-3,18H,4H2. The van der Waals surface area contributed by atoms with Gasteiger partial charge in [0.1, 0.15) is 5.75 Å². The third-order valence-corrected chi connectivity index (χ3v) is 3.82. The molecule has 0 radical (unpaired) electrons. The average molecular weight is 301 g/mol. The largest absolute Gasteiger partial charge is 0.508 e. The predicted molar refractivity (Wildman–Crippen MR) is 63.5 cm³/mol. The second kappa shape index (κ2) is 4.17. The van der Waals surface area contributed by atoms with Gasteiger partial charge in [-0.3, -0.25) is 9.69 Å². The zero-order valence-corrected chi connectivity index (χ0v) is 10.5. The lowest BCUT2D eigenvalue weighted by Crippen LogP contribution is -2.22. The summed E-state index contributed by atoms with van der Waals surface area (Å²) < 4.78 is 37.4. The molecule has 1 aliphatic rings. The molecule has 2 heterocycles. The Morgan fingerprint density at radius 2 is 2.05 bits per heavy atom. The Balaban J connectivity index is 1.97. The summed E-state index contributed by atoms with van der Waals surface area (Å²) in [6.45, 7) is -0.0205. The molecule has 0 aliphatic carbocycles. The molecule has 5 nitrogen and oxygen atoms in total. The number of aromatic nitrogens is 2. The summed E-state index contributed by atoms with van der Waals surface area (Å²) in [6, 6.07) is 4.41. The van der Waals surface area contributed by atoms with Gasteiger partial charge in [-0.15, -0.1) is 10.2 Å². The fourth-order valence-electron chi connectivity index (χ4n) is 1.91. The van der Waals surface area contributed by atoms with Gasteiger partial charge in [-0.2, -0.15) is 13.2 Å². The number of aromatic hydroxyl groups is 1. The van der Waals surface area contributed by atoms with Crippen LogP contribution in [0.2, 0.25) is 0 Å². The lowest BCUT2D eigenvalue weighted by atomic mass is 10.1. The third-order valence-electron chi connectivity index (χ3n) is 2.83. The molecule has 1 N–H and O–H groups in total. The van der Waals surface area contributed by atoms with Crippen molar-refractivity contribution in [1.82, 2.24) is 10.2 Å². The SMILES string of the molecule is O=C1c2cccc(O)c2CN1c1nnc(C(F)(F)F)s1. The van der Waals surface area contributed by atoms with Crippen LogP contribution in [0.4, 0.5) is 18.3 Å². The van der Waals surface area contributed by atoms with E-state index in [4.69, 9.17) is 0 Å². The van der Waals surface area contributed by atoms with Crippen LogP contribution in [0.5, 0.6) is 5.75 Å². The number of hydrogen-bond donors (Lipinski definition) is 1. The van der Waals surface area contributed by atoms with E-state index in [1.165, 1.54) is 18.2 Å². The van der Waals surface area contributed by atoms with Gasteiger partial charge in [0, 0.05) is 11.1 Å². The molecule has 9 heteroatoms. The Kier molecular flexibility index (Phi) is 2.68. The summed E-state index contributed by atoms with van der Waals surface area (Å²) in [4.78, 5) is 13.1. The number of carbonyl (C=O) groups is 1. The molecule has 2 aromatic rings. The zero-order chi connectivity index (χ0) is 14.5. The van der Waals surface area contributed by atoms with Gasteiger partial charge in [-0.1, -0.05) is 17.4 Å². The van der Waals surface area contributed by atoms with E-state index in [2.05, 4.69) is 10.2 Å². The van der Waals surface area contributed by atoms with Gasteiger partial charge in [0.25, 0.3) is 5.91 Å². The molecule has 0 atom stereocenters. The fraction of sp³-hybridized carbons (Fsp3) is 0.182. The Bertz CT molecular complexity index is 698. The van der Waals surface area contributed by atoms with Crippen LogP contribution in [-0.2, 0) is 12.7 Å². The summed E-state index contributed by atoms with van der Waals surface area (Å²) in [5.74, 6) is -0.570. The molecule has 3 rings (SSSR count). The average Bonchev–Trinajstić information content (AvgIpc) is 2.95. The number of nitrogens with zero attached hydrogens (tertiary/aromatic N) is 3. The van der Waals surface area contributed by atoms with Gasteiger partial charge in [0.15, 0.2) is 0 Å². The van der Waals surface area contributed by atoms with Crippen molar-refractivity contribution < 1.29 is 23.1 Å². The van der Waals surface area contributed by atoms with Gasteiger partial charge in [0.2, 0.25) is 10.1 Å². The van der Waals surface area contributed by atoms with Crippen molar-refractivity contribution in [3.05, 3.63) is 34.3 Å². The van der Waals surface area contributed by atoms with Crippen molar-refractivity contribution in [3.8, 4) is 5.75 Å². The highest BCUT2D eigenvalue weighted by Gasteiger charge is 2.38. The molecule has 1 amide bonds. The summed E-state index contributed by atoms with van der Waals surface area (Å²) in [7, 11) is 0. The quantitative estimate of drug-likeness (QED) is 0.878. The van der Waals surface area contributed by atoms with E-state index in [1.54, 1.807) is 0 Å². The molecular formula is C11H6F3N3O2S. The van der Waals surface area contributed by atoms with E-state index in [-0.39, 0.29) is 23.0 Å². The van der Waals surface area contributed by atoms with E-state index in [0.717, 1.165) is 4.90 Å². The second-order valence-electron chi connectivity index (χ2n) is 4.08. The van der Waals surface area contributed by atoms with Crippen LogP contribution in [-0.4, -0.2) is 21.2 Å². The van der Waals surface area contributed by atoms with E-state index < -0.39 is 17.1 Å². The Morgan fingerprint density at radius 1 is 1.30 bits per heavy atom.